The number of allylic oxidation sites excluding steroid dienone is 14. The number of carbonyl (C=O) groups excluding carboxylic acids is 2. The Balaban J connectivity index is 4.47. The van der Waals surface area contributed by atoms with E-state index >= 15 is 0 Å². The molecule has 0 fully saturated rings. The Labute approximate surface area is 320 Å². The van der Waals surface area contributed by atoms with Gasteiger partial charge in [-0.05, 0) is 57.8 Å². The van der Waals surface area contributed by atoms with Crippen molar-refractivity contribution in [3.8, 4) is 0 Å². The number of ether oxygens (including phenoxy) is 2. The minimum absolute atomic E-state index is 0.0814. The zero-order chi connectivity index (χ0) is 39.1. The van der Waals surface area contributed by atoms with Crippen molar-refractivity contribution in [1.29, 1.82) is 0 Å². The molecule has 11 heteroatoms. The van der Waals surface area contributed by atoms with Crippen LogP contribution in [0.25, 0.3) is 0 Å². The van der Waals surface area contributed by atoms with Crippen LogP contribution in [0.5, 0.6) is 0 Å². The summed E-state index contributed by atoms with van der Waals surface area (Å²) >= 11 is 0. The molecule has 0 aromatic heterocycles. The summed E-state index contributed by atoms with van der Waals surface area (Å²) in [6, 6.07) is 0. The molecule has 0 spiro atoms. The quantitative estimate of drug-likeness (QED) is 0.0187. The molecule has 0 bridgehead atoms. The second kappa shape index (κ2) is 37.5. The maximum Gasteiger partial charge on any atom is 0.472 e. The van der Waals surface area contributed by atoms with Crippen molar-refractivity contribution >= 4 is 19.8 Å². The largest absolute Gasteiger partial charge is 0.472 e. The minimum Gasteiger partial charge on any atom is -0.462 e. The van der Waals surface area contributed by atoms with Gasteiger partial charge < -0.3 is 24.6 Å². The van der Waals surface area contributed by atoms with E-state index in [2.05, 4.69) is 48.8 Å². The summed E-state index contributed by atoms with van der Waals surface area (Å²) in [5, 5.41) is 18.3. The van der Waals surface area contributed by atoms with Crippen LogP contribution in [0.1, 0.15) is 129 Å². The Morgan fingerprint density at radius 1 is 0.604 bits per heavy atom. The molecule has 0 aliphatic heterocycles. The van der Waals surface area contributed by atoms with Gasteiger partial charge in [0, 0.05) is 12.8 Å². The third-order valence-corrected chi connectivity index (χ3v) is 8.61. The van der Waals surface area contributed by atoms with Crippen molar-refractivity contribution in [3.63, 3.8) is 0 Å². The lowest BCUT2D eigenvalue weighted by molar-refractivity contribution is -0.161. The summed E-state index contributed by atoms with van der Waals surface area (Å²) in [5.41, 5.74) is 0. The summed E-state index contributed by atoms with van der Waals surface area (Å²) in [4.78, 5) is 34.8. The van der Waals surface area contributed by atoms with Gasteiger partial charge in [-0.15, -0.1) is 0 Å². The molecule has 3 atom stereocenters. The van der Waals surface area contributed by atoms with Crippen molar-refractivity contribution in [2.75, 3.05) is 26.4 Å². The molecule has 302 valence electrons. The molecule has 0 rings (SSSR count). The number of unbranched alkanes of at least 4 members (excludes halogenated alkanes) is 11. The van der Waals surface area contributed by atoms with E-state index in [9.17, 15) is 24.2 Å². The van der Waals surface area contributed by atoms with Gasteiger partial charge in [0.25, 0.3) is 0 Å². The monoisotopic (exact) mass is 764 g/mol. The molecule has 0 amide bonds. The highest BCUT2D eigenvalue weighted by Gasteiger charge is 2.27. The molecule has 0 heterocycles. The van der Waals surface area contributed by atoms with Crippen molar-refractivity contribution in [1.82, 2.24) is 0 Å². The first kappa shape index (κ1) is 50.1. The predicted octanol–water partition coefficient (Wildman–Crippen LogP) is 9.88. The highest BCUT2D eigenvalue weighted by molar-refractivity contribution is 7.47. The molecular formula is C42H69O10P. The topological polar surface area (TPSA) is 149 Å². The van der Waals surface area contributed by atoms with E-state index in [4.69, 9.17) is 19.1 Å². The van der Waals surface area contributed by atoms with Gasteiger partial charge in [-0.3, -0.25) is 18.6 Å². The van der Waals surface area contributed by atoms with Gasteiger partial charge in [-0.2, -0.15) is 0 Å². The van der Waals surface area contributed by atoms with Crippen LogP contribution in [0.15, 0.2) is 85.1 Å². The first-order valence-electron chi connectivity index (χ1n) is 19.6. The second-order valence-corrected chi connectivity index (χ2v) is 14.1. The molecule has 0 saturated heterocycles. The van der Waals surface area contributed by atoms with Gasteiger partial charge in [0.15, 0.2) is 6.10 Å². The SMILES string of the molecule is CC/C=C/C=C/C=C/C=C/C=C/CCCC(=O)OC(COC(=O)CCCCCCCCC/C=C/C/C=C/CCCCC)COP(=O)(O)OC[C@@H](O)CO. The smallest absolute Gasteiger partial charge is 0.462 e. The van der Waals surface area contributed by atoms with Gasteiger partial charge in [0.2, 0.25) is 0 Å². The molecule has 53 heavy (non-hydrogen) atoms. The predicted molar refractivity (Wildman–Crippen MR) is 214 cm³/mol. The van der Waals surface area contributed by atoms with Crippen LogP contribution < -0.4 is 0 Å². The van der Waals surface area contributed by atoms with E-state index in [1.54, 1.807) is 0 Å². The Morgan fingerprint density at radius 3 is 1.75 bits per heavy atom. The zero-order valence-electron chi connectivity index (χ0n) is 32.4. The number of hydrogen-bond acceptors (Lipinski definition) is 9. The molecule has 0 radical (unpaired) electrons. The van der Waals surface area contributed by atoms with Crippen LogP contribution in [0, 0.1) is 0 Å². The molecule has 3 N–H and O–H groups in total. The Morgan fingerprint density at radius 2 is 1.13 bits per heavy atom. The normalized spacial score (nSPS) is 14.9. The van der Waals surface area contributed by atoms with Gasteiger partial charge >= 0.3 is 19.8 Å². The number of carbonyl (C=O) groups is 2. The first-order chi connectivity index (χ1) is 25.7. The average Bonchev–Trinajstić information content (AvgIpc) is 3.14. The first-order valence-corrected chi connectivity index (χ1v) is 21.1. The maximum absolute atomic E-state index is 12.5. The lowest BCUT2D eigenvalue weighted by Crippen LogP contribution is -2.29. The molecule has 10 nitrogen and oxygen atoms in total. The number of hydrogen-bond donors (Lipinski definition) is 3. The molecule has 0 saturated carbocycles. The number of aliphatic hydroxyl groups is 2. The van der Waals surface area contributed by atoms with Crippen molar-refractivity contribution in [2.45, 2.75) is 142 Å². The third-order valence-electron chi connectivity index (χ3n) is 7.66. The molecule has 0 aliphatic carbocycles. The van der Waals surface area contributed by atoms with Gasteiger partial charge in [-0.25, -0.2) is 4.57 Å². The Hall–Kier alpha value is -2.85. The second-order valence-electron chi connectivity index (χ2n) is 12.7. The van der Waals surface area contributed by atoms with E-state index in [0.29, 0.717) is 19.3 Å². The molecule has 2 unspecified atom stereocenters. The summed E-state index contributed by atoms with van der Waals surface area (Å²) in [6.07, 6.45) is 42.8. The summed E-state index contributed by atoms with van der Waals surface area (Å²) in [5.74, 6) is -1.03. The standard InChI is InChI=1S/C42H69O10P/c1-3-5-7-9-11-13-15-17-18-19-20-22-23-25-27-29-31-33-41(45)49-37-40(38-51-53(47,48)50-36-39(44)35-43)52-42(46)34-32-30-28-26-24-21-16-14-12-10-8-6-4-2/h6,8,10-14,16-18,21,24,26,28,39-40,43-44H,3-5,7,9,15,19-20,22-23,25,27,29-38H2,1-2H3,(H,47,48)/b8-6+,12-10+,13-11+,16-14+,18-17+,24-21+,28-26+/t39-,40?/m0/s1. The highest BCUT2D eigenvalue weighted by Crippen LogP contribution is 2.43. The fourth-order valence-corrected chi connectivity index (χ4v) is 5.43. The van der Waals surface area contributed by atoms with E-state index in [1.807, 2.05) is 54.7 Å². The lowest BCUT2D eigenvalue weighted by atomic mass is 10.1. The highest BCUT2D eigenvalue weighted by atomic mass is 31.2. The van der Waals surface area contributed by atoms with Crippen molar-refractivity contribution in [2.24, 2.45) is 0 Å². The van der Waals surface area contributed by atoms with E-state index in [-0.39, 0.29) is 19.4 Å². The maximum atomic E-state index is 12.5. The number of esters is 2. The van der Waals surface area contributed by atoms with Crippen LogP contribution in [0.2, 0.25) is 0 Å². The lowest BCUT2D eigenvalue weighted by Gasteiger charge is -2.20. The average molecular weight is 765 g/mol. The molecular weight excluding hydrogens is 695 g/mol. The van der Waals surface area contributed by atoms with Crippen LogP contribution >= 0.6 is 7.82 Å². The van der Waals surface area contributed by atoms with Gasteiger partial charge in [-0.1, -0.05) is 144 Å². The van der Waals surface area contributed by atoms with Gasteiger partial charge in [0.05, 0.1) is 19.8 Å². The minimum atomic E-state index is -4.64. The third kappa shape index (κ3) is 37.3. The number of rotatable bonds is 35. The molecule has 0 aromatic rings. The zero-order valence-corrected chi connectivity index (χ0v) is 33.3. The van der Waals surface area contributed by atoms with Crippen LogP contribution in [-0.4, -0.2) is 65.7 Å². The van der Waals surface area contributed by atoms with Crippen LogP contribution in [-0.2, 0) is 32.7 Å². The Kier molecular flexibility index (Phi) is 35.5. The summed E-state index contributed by atoms with van der Waals surface area (Å²) < 4.78 is 32.5. The van der Waals surface area contributed by atoms with E-state index < -0.39 is 51.8 Å². The Bertz CT molecular complexity index is 1150. The fraction of sp³-hybridized carbons (Fsp3) is 0.619. The van der Waals surface area contributed by atoms with E-state index in [0.717, 1.165) is 38.5 Å². The van der Waals surface area contributed by atoms with Crippen LogP contribution in [0.3, 0.4) is 0 Å². The number of phosphoric acid groups is 1. The van der Waals surface area contributed by atoms with Crippen LogP contribution in [0.4, 0.5) is 0 Å². The molecule has 0 aliphatic rings. The number of phosphoric ester groups is 1. The number of aliphatic hydroxyl groups excluding tert-OH is 2. The molecule has 0 aromatic carbocycles. The summed E-state index contributed by atoms with van der Waals surface area (Å²) in [6.45, 7) is 2.08. The van der Waals surface area contributed by atoms with Gasteiger partial charge in [0.1, 0.15) is 12.7 Å². The van der Waals surface area contributed by atoms with Crippen molar-refractivity contribution in [3.05, 3.63) is 85.1 Å². The van der Waals surface area contributed by atoms with Crippen molar-refractivity contribution < 1.29 is 47.8 Å². The fourth-order valence-electron chi connectivity index (χ4n) is 4.64. The summed E-state index contributed by atoms with van der Waals surface area (Å²) in [7, 11) is -4.64. The van der Waals surface area contributed by atoms with E-state index in [1.165, 1.54) is 44.9 Å².